The number of hydrogen-bond donors (Lipinski definition) is 1. The lowest BCUT2D eigenvalue weighted by molar-refractivity contribution is -0.313. The second kappa shape index (κ2) is 7.71. The Balaban J connectivity index is 1.48. The topological polar surface area (TPSA) is 46.9 Å². The molecule has 0 spiro atoms. The number of aryl methyl sites for hydroxylation is 2. The first-order valence-corrected chi connectivity index (χ1v) is 10.3. The van der Waals surface area contributed by atoms with E-state index >= 15 is 0 Å². The molecule has 0 radical (unpaired) electrons. The average molecular weight is 423 g/mol. The molecule has 4 nitrogen and oxygen atoms in total. The van der Waals surface area contributed by atoms with E-state index in [-0.39, 0.29) is 5.92 Å². The highest BCUT2D eigenvalue weighted by molar-refractivity contribution is 5.91. The van der Waals surface area contributed by atoms with E-state index in [0.717, 1.165) is 43.4 Å². The number of aromatic nitrogens is 2. The number of hydrogen-bond acceptors (Lipinski definition) is 2. The van der Waals surface area contributed by atoms with Crippen LogP contribution < -0.4 is 5.32 Å². The molecule has 2 aliphatic rings. The zero-order valence-electron chi connectivity index (χ0n) is 16.8. The van der Waals surface area contributed by atoms with Crippen molar-refractivity contribution in [2.24, 2.45) is 13.0 Å². The molecule has 2 fully saturated rings. The van der Waals surface area contributed by atoms with Crippen molar-refractivity contribution < 1.29 is 22.4 Å². The molecule has 2 saturated carbocycles. The van der Waals surface area contributed by atoms with Gasteiger partial charge < -0.3 is 5.32 Å². The fourth-order valence-corrected chi connectivity index (χ4v) is 4.35. The van der Waals surface area contributed by atoms with Gasteiger partial charge in [-0.3, -0.25) is 9.48 Å². The van der Waals surface area contributed by atoms with Gasteiger partial charge in [-0.2, -0.15) is 22.7 Å². The molecular weight excluding hydrogens is 398 g/mol. The molecule has 30 heavy (non-hydrogen) atoms. The van der Waals surface area contributed by atoms with Gasteiger partial charge in [0.05, 0.1) is 0 Å². The molecule has 4 rings (SSSR count). The largest absolute Gasteiger partial charge is 0.313 e. The van der Waals surface area contributed by atoms with Gasteiger partial charge >= 0.3 is 11.8 Å². The summed E-state index contributed by atoms with van der Waals surface area (Å²) in [6.07, 6.45) is 3.02. The lowest BCUT2D eigenvalue weighted by Gasteiger charge is -2.43. The zero-order valence-corrected chi connectivity index (χ0v) is 16.8. The second-order valence-corrected chi connectivity index (χ2v) is 8.43. The summed E-state index contributed by atoms with van der Waals surface area (Å²) in [6.45, 7) is 0. The van der Waals surface area contributed by atoms with Crippen molar-refractivity contribution in [1.82, 2.24) is 9.78 Å². The van der Waals surface area contributed by atoms with E-state index in [1.54, 1.807) is 11.7 Å². The molecule has 0 aliphatic heterocycles. The van der Waals surface area contributed by atoms with Crippen LogP contribution in [-0.4, -0.2) is 27.5 Å². The minimum absolute atomic E-state index is 0.272. The van der Waals surface area contributed by atoms with Crippen LogP contribution in [0.25, 0.3) is 0 Å². The van der Waals surface area contributed by atoms with Gasteiger partial charge in [-0.1, -0.05) is 36.8 Å². The third kappa shape index (κ3) is 3.72. The number of carbonyl (C=O) groups excluding carboxylic acids is 1. The van der Waals surface area contributed by atoms with Crippen molar-refractivity contribution in [2.75, 3.05) is 5.32 Å². The minimum Gasteiger partial charge on any atom is -0.309 e. The number of amides is 1. The summed E-state index contributed by atoms with van der Waals surface area (Å²) in [5, 5.41) is 7.07. The van der Waals surface area contributed by atoms with Gasteiger partial charge in [0, 0.05) is 37.1 Å². The van der Waals surface area contributed by atoms with Crippen LogP contribution in [0.3, 0.4) is 0 Å². The van der Waals surface area contributed by atoms with Crippen molar-refractivity contribution in [2.45, 2.75) is 62.7 Å². The number of nitrogens with zero attached hydrogens (tertiary/aromatic N) is 2. The highest BCUT2D eigenvalue weighted by Crippen LogP contribution is 2.56. The summed E-state index contributed by atoms with van der Waals surface area (Å²) in [7, 11) is 1.80. The average Bonchev–Trinajstić information content (AvgIpc) is 2.94. The molecule has 0 unspecified atom stereocenters. The Kier molecular flexibility index (Phi) is 5.36. The van der Waals surface area contributed by atoms with E-state index < -0.39 is 36.5 Å². The Hall–Kier alpha value is -2.38. The second-order valence-electron chi connectivity index (χ2n) is 8.43. The molecular formula is C22H25F4N3O. The van der Waals surface area contributed by atoms with Gasteiger partial charge in [0.25, 0.3) is 0 Å². The molecule has 2 aliphatic carbocycles. The third-order valence-electron chi connectivity index (χ3n) is 6.41. The number of anilines is 1. The van der Waals surface area contributed by atoms with E-state index in [0.29, 0.717) is 5.82 Å². The van der Waals surface area contributed by atoms with Crippen molar-refractivity contribution in [3.8, 4) is 0 Å². The standard InChI is InChI=1S/C22H25F4N3O/c1-29-17(11-10-14-6-3-2-4-7-14)19(15-8-5-9-15)20(28-29)27-18(30)12-16-13-21(23,24)22(16,25)26/h2-4,6-7,15-16H,5,8-13H2,1H3,(H,27,28,30)/t16-/m1/s1. The molecule has 1 atom stereocenters. The van der Waals surface area contributed by atoms with Crippen LogP contribution >= 0.6 is 0 Å². The molecule has 0 saturated heterocycles. The van der Waals surface area contributed by atoms with Crippen LogP contribution in [0.5, 0.6) is 0 Å². The predicted octanol–water partition coefficient (Wildman–Crippen LogP) is 5.09. The summed E-state index contributed by atoms with van der Waals surface area (Å²) in [4.78, 5) is 12.4. The summed E-state index contributed by atoms with van der Waals surface area (Å²) in [5.74, 6) is -9.83. The highest BCUT2D eigenvalue weighted by Gasteiger charge is 2.71. The number of halogens is 4. The lowest BCUT2D eigenvalue weighted by atomic mass is 9.74. The van der Waals surface area contributed by atoms with E-state index in [9.17, 15) is 22.4 Å². The van der Waals surface area contributed by atoms with Gasteiger partial charge in [-0.25, -0.2) is 0 Å². The maximum Gasteiger partial charge on any atom is 0.313 e. The van der Waals surface area contributed by atoms with Gasteiger partial charge in [0.1, 0.15) is 0 Å². The quantitative estimate of drug-likeness (QED) is 0.631. The number of alkyl halides is 4. The van der Waals surface area contributed by atoms with Crippen LogP contribution in [0.1, 0.15) is 54.8 Å². The van der Waals surface area contributed by atoms with Crippen molar-refractivity contribution in [3.05, 3.63) is 47.2 Å². The summed E-state index contributed by atoms with van der Waals surface area (Å²) in [5.41, 5.74) is 3.16. The van der Waals surface area contributed by atoms with Crippen molar-refractivity contribution in [1.29, 1.82) is 0 Å². The maximum atomic E-state index is 13.5. The predicted molar refractivity (Wildman–Crippen MR) is 105 cm³/mol. The van der Waals surface area contributed by atoms with Crippen LogP contribution in [0.2, 0.25) is 0 Å². The molecule has 1 heterocycles. The Bertz CT molecular complexity index is 922. The molecule has 1 N–H and O–H groups in total. The smallest absolute Gasteiger partial charge is 0.309 e. The van der Waals surface area contributed by atoms with E-state index in [1.165, 1.54) is 5.56 Å². The zero-order chi connectivity index (χ0) is 21.5. The summed E-state index contributed by atoms with van der Waals surface area (Å²) < 4.78 is 54.9. The molecule has 1 aromatic carbocycles. The molecule has 162 valence electrons. The molecule has 1 amide bonds. The van der Waals surface area contributed by atoms with Gasteiger partial charge in [0.15, 0.2) is 5.82 Å². The van der Waals surface area contributed by atoms with Crippen LogP contribution in [-0.2, 0) is 24.7 Å². The van der Waals surface area contributed by atoms with E-state index in [4.69, 9.17) is 0 Å². The maximum absolute atomic E-state index is 13.5. The fraction of sp³-hybridized carbons (Fsp3) is 0.545. The lowest BCUT2D eigenvalue weighted by Crippen LogP contribution is -2.59. The van der Waals surface area contributed by atoms with E-state index in [2.05, 4.69) is 22.5 Å². The Morgan fingerprint density at radius 1 is 1.17 bits per heavy atom. The van der Waals surface area contributed by atoms with Crippen LogP contribution in [0, 0.1) is 5.92 Å². The Morgan fingerprint density at radius 3 is 2.43 bits per heavy atom. The first kappa shape index (κ1) is 20.9. The summed E-state index contributed by atoms with van der Waals surface area (Å²) in [6, 6.07) is 10.0. The normalized spacial score (nSPS) is 22.2. The Morgan fingerprint density at radius 2 is 1.87 bits per heavy atom. The molecule has 0 bridgehead atoms. The Labute approximate surface area is 172 Å². The third-order valence-corrected chi connectivity index (χ3v) is 6.41. The SMILES string of the molecule is Cn1nc(NC(=O)C[C@@H]2CC(F)(F)C2(F)F)c(C2CCC2)c1CCc1ccccc1. The first-order chi connectivity index (χ1) is 14.2. The van der Waals surface area contributed by atoms with Gasteiger partial charge in [-0.05, 0) is 37.2 Å². The molecule has 1 aromatic heterocycles. The van der Waals surface area contributed by atoms with Crippen LogP contribution in [0.15, 0.2) is 30.3 Å². The fourth-order valence-electron chi connectivity index (χ4n) is 4.35. The molecule has 8 heteroatoms. The monoisotopic (exact) mass is 423 g/mol. The number of carbonyl (C=O) groups is 1. The van der Waals surface area contributed by atoms with Crippen molar-refractivity contribution in [3.63, 3.8) is 0 Å². The van der Waals surface area contributed by atoms with Crippen molar-refractivity contribution >= 4 is 11.7 Å². The van der Waals surface area contributed by atoms with Crippen LogP contribution in [0.4, 0.5) is 23.4 Å². The number of rotatable bonds is 7. The van der Waals surface area contributed by atoms with E-state index in [1.807, 2.05) is 18.2 Å². The van der Waals surface area contributed by atoms with Gasteiger partial charge in [0.2, 0.25) is 5.91 Å². The minimum atomic E-state index is -4.13. The molecule has 2 aromatic rings. The summed E-state index contributed by atoms with van der Waals surface area (Å²) >= 11 is 0. The first-order valence-electron chi connectivity index (χ1n) is 10.3. The number of benzene rings is 1. The van der Waals surface area contributed by atoms with Gasteiger partial charge in [-0.15, -0.1) is 0 Å². The number of nitrogens with one attached hydrogen (secondary N) is 1. The highest BCUT2D eigenvalue weighted by atomic mass is 19.3.